The first-order valence-corrected chi connectivity index (χ1v) is 11.0. The third-order valence-electron chi connectivity index (χ3n) is 5.61. The van der Waals surface area contributed by atoms with Crippen LogP contribution in [0.1, 0.15) is 18.5 Å². The summed E-state index contributed by atoms with van der Waals surface area (Å²) in [6, 6.07) is 13.2. The fraction of sp³-hybridized carbons (Fsp3) is 0.435. The van der Waals surface area contributed by atoms with Gasteiger partial charge in [0.05, 0.1) is 17.6 Å². The van der Waals surface area contributed by atoms with Gasteiger partial charge >= 0.3 is 0 Å². The molecule has 4 rings (SSSR count). The summed E-state index contributed by atoms with van der Waals surface area (Å²) in [6.07, 6.45) is 0. The van der Waals surface area contributed by atoms with Crippen molar-refractivity contribution < 1.29 is 19.0 Å². The van der Waals surface area contributed by atoms with Gasteiger partial charge < -0.3 is 19.5 Å². The summed E-state index contributed by atoms with van der Waals surface area (Å²) < 4.78 is 16.5. The Kier molecular flexibility index (Phi) is 7.17. The molecular formula is C23H28ClN3O4. The fourth-order valence-electron chi connectivity index (χ4n) is 3.77. The molecule has 0 saturated carbocycles. The number of rotatable bonds is 8. The number of para-hydroxylation sites is 1. The number of hydrogen-bond donors (Lipinski definition) is 1. The summed E-state index contributed by atoms with van der Waals surface area (Å²) in [6.45, 7) is 7.61. The number of amides is 1. The van der Waals surface area contributed by atoms with E-state index in [0.717, 1.165) is 55.5 Å². The zero-order valence-electron chi connectivity index (χ0n) is 17.7. The van der Waals surface area contributed by atoms with E-state index in [1.54, 1.807) is 0 Å². The van der Waals surface area contributed by atoms with Crippen LogP contribution in [0.15, 0.2) is 42.5 Å². The molecule has 1 atom stereocenters. The lowest BCUT2D eigenvalue weighted by atomic mass is 10.1. The van der Waals surface area contributed by atoms with Crippen LogP contribution in [0.4, 0.5) is 0 Å². The minimum atomic E-state index is -0.0924. The van der Waals surface area contributed by atoms with Crippen LogP contribution >= 0.6 is 11.6 Å². The molecule has 0 radical (unpaired) electrons. The smallest absolute Gasteiger partial charge is 0.234 e. The number of halogens is 1. The Morgan fingerprint density at radius 3 is 2.65 bits per heavy atom. The highest BCUT2D eigenvalue weighted by Crippen LogP contribution is 2.34. The topological polar surface area (TPSA) is 63.3 Å². The number of fused-ring (bicyclic) bond motifs is 1. The minimum absolute atomic E-state index is 0.0284. The van der Waals surface area contributed by atoms with Gasteiger partial charge in [-0.05, 0) is 36.8 Å². The first kappa shape index (κ1) is 21.7. The SMILES string of the molecule is CC(NC(=O)CN1CCN(CCOc2ccccc2Cl)CC1)c1ccc2c(c1)OCO2. The molecule has 1 N–H and O–H groups in total. The van der Waals surface area contributed by atoms with Gasteiger partial charge in [0.25, 0.3) is 0 Å². The molecule has 2 aliphatic heterocycles. The Morgan fingerprint density at radius 1 is 1.10 bits per heavy atom. The second-order valence-corrected chi connectivity index (χ2v) is 8.21. The Hall–Kier alpha value is -2.48. The predicted molar refractivity (Wildman–Crippen MR) is 119 cm³/mol. The van der Waals surface area contributed by atoms with Gasteiger partial charge in [-0.25, -0.2) is 0 Å². The number of hydrogen-bond acceptors (Lipinski definition) is 6. The summed E-state index contributed by atoms with van der Waals surface area (Å²) in [4.78, 5) is 17.1. The van der Waals surface area contributed by atoms with E-state index in [1.807, 2.05) is 49.4 Å². The van der Waals surface area contributed by atoms with Crippen LogP contribution in [0, 0.1) is 0 Å². The van der Waals surface area contributed by atoms with Crippen LogP contribution < -0.4 is 19.5 Å². The molecule has 0 spiro atoms. The summed E-state index contributed by atoms with van der Waals surface area (Å²) in [5.74, 6) is 2.22. The first-order chi connectivity index (χ1) is 15.1. The zero-order valence-corrected chi connectivity index (χ0v) is 18.4. The van der Waals surface area contributed by atoms with Crippen molar-refractivity contribution in [3.8, 4) is 17.2 Å². The van der Waals surface area contributed by atoms with E-state index < -0.39 is 0 Å². The molecule has 8 heteroatoms. The van der Waals surface area contributed by atoms with Crippen LogP contribution in [0.5, 0.6) is 17.2 Å². The van der Waals surface area contributed by atoms with Crippen molar-refractivity contribution in [1.29, 1.82) is 0 Å². The molecule has 2 aromatic rings. The molecule has 0 bridgehead atoms. The molecule has 2 aromatic carbocycles. The van der Waals surface area contributed by atoms with Crippen molar-refractivity contribution in [1.82, 2.24) is 15.1 Å². The fourth-order valence-corrected chi connectivity index (χ4v) is 3.96. The second-order valence-electron chi connectivity index (χ2n) is 7.80. The molecule has 0 aliphatic carbocycles. The van der Waals surface area contributed by atoms with E-state index in [1.165, 1.54) is 0 Å². The Labute approximate surface area is 187 Å². The minimum Gasteiger partial charge on any atom is -0.491 e. The van der Waals surface area contributed by atoms with Crippen LogP contribution in [0.25, 0.3) is 0 Å². The average molecular weight is 446 g/mol. The van der Waals surface area contributed by atoms with Crippen LogP contribution in [0.2, 0.25) is 5.02 Å². The zero-order chi connectivity index (χ0) is 21.6. The van der Waals surface area contributed by atoms with Crippen molar-refractivity contribution in [2.45, 2.75) is 13.0 Å². The molecule has 0 aromatic heterocycles. The van der Waals surface area contributed by atoms with Crippen molar-refractivity contribution in [3.63, 3.8) is 0 Å². The van der Waals surface area contributed by atoms with Crippen molar-refractivity contribution in [2.75, 3.05) is 52.7 Å². The predicted octanol–water partition coefficient (Wildman–Crippen LogP) is 2.94. The third-order valence-corrected chi connectivity index (χ3v) is 5.92. The number of nitrogens with zero attached hydrogens (tertiary/aromatic N) is 2. The number of ether oxygens (including phenoxy) is 3. The highest BCUT2D eigenvalue weighted by molar-refractivity contribution is 6.32. The van der Waals surface area contributed by atoms with E-state index in [2.05, 4.69) is 15.1 Å². The Bertz CT molecular complexity index is 902. The molecule has 2 aliphatic rings. The summed E-state index contributed by atoms with van der Waals surface area (Å²) in [5.41, 5.74) is 1.00. The maximum absolute atomic E-state index is 12.5. The maximum atomic E-state index is 12.5. The lowest BCUT2D eigenvalue weighted by Crippen LogP contribution is -2.50. The number of carbonyl (C=O) groups excluding carboxylic acids is 1. The van der Waals surface area contributed by atoms with Crippen LogP contribution in [-0.2, 0) is 4.79 Å². The largest absolute Gasteiger partial charge is 0.491 e. The average Bonchev–Trinajstić information content (AvgIpc) is 3.24. The number of nitrogens with one attached hydrogen (secondary N) is 1. The normalized spacial score (nSPS) is 17.4. The monoisotopic (exact) mass is 445 g/mol. The lowest BCUT2D eigenvalue weighted by molar-refractivity contribution is -0.123. The molecule has 1 saturated heterocycles. The molecular weight excluding hydrogens is 418 g/mol. The summed E-state index contributed by atoms with van der Waals surface area (Å²) in [7, 11) is 0. The molecule has 1 fully saturated rings. The van der Waals surface area contributed by atoms with Gasteiger partial charge in [0.2, 0.25) is 12.7 Å². The van der Waals surface area contributed by atoms with Crippen molar-refractivity contribution >= 4 is 17.5 Å². The Balaban J connectivity index is 1.16. The van der Waals surface area contributed by atoms with E-state index in [4.69, 9.17) is 25.8 Å². The van der Waals surface area contributed by atoms with E-state index in [9.17, 15) is 4.79 Å². The van der Waals surface area contributed by atoms with Crippen LogP contribution in [-0.4, -0.2) is 68.4 Å². The molecule has 166 valence electrons. The highest BCUT2D eigenvalue weighted by atomic mass is 35.5. The standard InChI is InChI=1S/C23H28ClN3O4/c1-17(18-6-7-21-22(14-18)31-16-30-21)25-23(28)15-27-10-8-26(9-11-27)12-13-29-20-5-3-2-4-19(20)24/h2-7,14,17H,8-13,15-16H2,1H3,(H,25,28). The van der Waals surface area contributed by atoms with Gasteiger partial charge in [-0.1, -0.05) is 29.8 Å². The van der Waals surface area contributed by atoms with Crippen molar-refractivity contribution in [3.05, 3.63) is 53.1 Å². The number of carbonyl (C=O) groups is 1. The second kappa shape index (κ2) is 10.2. The molecule has 2 heterocycles. The quantitative estimate of drug-likeness (QED) is 0.674. The third kappa shape index (κ3) is 5.81. The molecule has 1 amide bonds. The van der Waals surface area contributed by atoms with Gasteiger partial charge in [0.1, 0.15) is 12.4 Å². The van der Waals surface area contributed by atoms with Gasteiger partial charge in [-0.3, -0.25) is 14.6 Å². The summed E-state index contributed by atoms with van der Waals surface area (Å²) >= 11 is 6.12. The van der Waals surface area contributed by atoms with Gasteiger partial charge in [0, 0.05) is 32.7 Å². The molecule has 7 nitrogen and oxygen atoms in total. The molecule has 1 unspecified atom stereocenters. The molecule has 31 heavy (non-hydrogen) atoms. The number of piperazine rings is 1. The van der Waals surface area contributed by atoms with Gasteiger partial charge in [-0.2, -0.15) is 0 Å². The van der Waals surface area contributed by atoms with Gasteiger partial charge in [0.15, 0.2) is 11.5 Å². The summed E-state index contributed by atoms with van der Waals surface area (Å²) in [5, 5.41) is 3.71. The maximum Gasteiger partial charge on any atom is 0.234 e. The van der Waals surface area contributed by atoms with Gasteiger partial charge in [-0.15, -0.1) is 0 Å². The first-order valence-electron chi connectivity index (χ1n) is 10.6. The van der Waals surface area contributed by atoms with E-state index in [-0.39, 0.29) is 18.7 Å². The number of benzene rings is 2. The van der Waals surface area contributed by atoms with Crippen LogP contribution in [0.3, 0.4) is 0 Å². The lowest BCUT2D eigenvalue weighted by Gasteiger charge is -2.34. The van der Waals surface area contributed by atoms with Crippen molar-refractivity contribution in [2.24, 2.45) is 0 Å². The highest BCUT2D eigenvalue weighted by Gasteiger charge is 2.21. The van der Waals surface area contributed by atoms with E-state index in [0.29, 0.717) is 18.2 Å². The Morgan fingerprint density at radius 2 is 1.84 bits per heavy atom. The van der Waals surface area contributed by atoms with E-state index >= 15 is 0 Å².